The minimum Gasteiger partial charge on any atom is -0.465 e. The van der Waals surface area contributed by atoms with Gasteiger partial charge in [0.2, 0.25) is 5.41 Å². The summed E-state index contributed by atoms with van der Waals surface area (Å²) in [5, 5.41) is 0. The zero-order valence-corrected chi connectivity index (χ0v) is 19.9. The highest BCUT2D eigenvalue weighted by atomic mass is 16.6. The summed E-state index contributed by atoms with van der Waals surface area (Å²) in [5.41, 5.74) is 9.47. The van der Waals surface area contributed by atoms with Gasteiger partial charge in [0.1, 0.15) is 5.60 Å². The number of carbonyl (C=O) groups excluding carboxylic acids is 3. The number of carbonyl (C=O) groups is 3. The lowest BCUT2D eigenvalue weighted by atomic mass is 9.72. The molecule has 0 aliphatic rings. The van der Waals surface area contributed by atoms with Crippen LogP contribution in [0.25, 0.3) is 0 Å². The molecule has 30 heavy (non-hydrogen) atoms. The quantitative estimate of drug-likeness (QED) is 0.232. The molecular weight excluding hydrogens is 384 g/mol. The van der Waals surface area contributed by atoms with Crippen molar-refractivity contribution in [1.29, 1.82) is 0 Å². The second-order valence-electron chi connectivity index (χ2n) is 9.02. The van der Waals surface area contributed by atoms with Crippen LogP contribution in [0.15, 0.2) is 0 Å². The van der Waals surface area contributed by atoms with Crippen molar-refractivity contribution in [2.75, 3.05) is 6.61 Å². The number of hydrogen-bond donors (Lipinski definition) is 2. The lowest BCUT2D eigenvalue weighted by molar-refractivity contribution is -0.183. The van der Waals surface area contributed by atoms with E-state index >= 15 is 0 Å². The van der Waals surface area contributed by atoms with Crippen LogP contribution >= 0.6 is 0 Å². The molecule has 0 aromatic heterocycles. The van der Waals surface area contributed by atoms with Gasteiger partial charge in [0, 0.05) is 18.5 Å². The maximum absolute atomic E-state index is 13.5. The standard InChI is InChI=1S/C23H44N2O5/c1-7-10-12-14-17(24)16-19(26)23(20(27)29-9-3,18(25)15-13-11-8-2)21(28)30-22(4,5)6/h17-18H,7-16,24-25H2,1-6H3/t17?,18-,23+/m0/s1. The molecular formula is C23H44N2O5. The van der Waals surface area contributed by atoms with Gasteiger partial charge in [-0.15, -0.1) is 0 Å². The fourth-order valence-corrected chi connectivity index (χ4v) is 3.41. The maximum atomic E-state index is 13.5. The Hall–Kier alpha value is -1.47. The van der Waals surface area contributed by atoms with Gasteiger partial charge < -0.3 is 20.9 Å². The number of esters is 2. The first kappa shape index (κ1) is 28.5. The Balaban J connectivity index is 6.02. The van der Waals surface area contributed by atoms with Crippen LogP contribution in [-0.4, -0.2) is 42.0 Å². The Morgan fingerprint density at radius 1 is 0.833 bits per heavy atom. The van der Waals surface area contributed by atoms with Gasteiger partial charge >= 0.3 is 11.9 Å². The molecule has 7 heteroatoms. The number of hydrogen-bond acceptors (Lipinski definition) is 7. The SMILES string of the molecule is CCCCCC(N)CC(=O)[C@](C(=O)OCC)(C(=O)OC(C)(C)C)[C@@H](N)CCCCC. The van der Waals surface area contributed by atoms with E-state index in [0.717, 1.165) is 32.1 Å². The van der Waals surface area contributed by atoms with Crippen LogP contribution in [0.4, 0.5) is 0 Å². The van der Waals surface area contributed by atoms with E-state index in [1.165, 1.54) is 0 Å². The van der Waals surface area contributed by atoms with Crippen molar-refractivity contribution < 1.29 is 23.9 Å². The van der Waals surface area contributed by atoms with E-state index in [1.54, 1.807) is 27.7 Å². The zero-order valence-electron chi connectivity index (χ0n) is 19.9. The summed E-state index contributed by atoms with van der Waals surface area (Å²) in [6, 6.07) is -1.49. The molecule has 4 N–H and O–H groups in total. The molecule has 0 amide bonds. The molecule has 7 nitrogen and oxygen atoms in total. The Morgan fingerprint density at radius 3 is 1.83 bits per heavy atom. The molecule has 176 valence electrons. The van der Waals surface area contributed by atoms with Gasteiger partial charge in [-0.2, -0.15) is 0 Å². The minimum atomic E-state index is -2.20. The van der Waals surface area contributed by atoms with Crippen molar-refractivity contribution in [2.24, 2.45) is 16.9 Å². The van der Waals surface area contributed by atoms with E-state index in [0.29, 0.717) is 19.3 Å². The highest BCUT2D eigenvalue weighted by Gasteiger charge is 2.60. The number of unbranched alkanes of at least 4 members (excludes halogenated alkanes) is 4. The minimum absolute atomic E-state index is 0.0287. The van der Waals surface area contributed by atoms with Crippen LogP contribution in [0.1, 0.15) is 99.3 Å². The normalized spacial score (nSPS) is 15.7. The van der Waals surface area contributed by atoms with E-state index in [2.05, 4.69) is 6.92 Å². The second kappa shape index (κ2) is 13.8. The first-order valence-corrected chi connectivity index (χ1v) is 11.4. The van der Waals surface area contributed by atoms with Gasteiger partial charge in [0.15, 0.2) is 5.78 Å². The van der Waals surface area contributed by atoms with Crippen LogP contribution in [0, 0.1) is 5.41 Å². The third-order valence-electron chi connectivity index (χ3n) is 5.06. The number of ketones is 1. The van der Waals surface area contributed by atoms with Crippen molar-refractivity contribution in [3.63, 3.8) is 0 Å². The first-order valence-electron chi connectivity index (χ1n) is 11.4. The van der Waals surface area contributed by atoms with Gasteiger partial charge in [0.25, 0.3) is 0 Å². The van der Waals surface area contributed by atoms with Crippen molar-refractivity contribution in [1.82, 2.24) is 0 Å². The van der Waals surface area contributed by atoms with Gasteiger partial charge in [-0.25, -0.2) is 0 Å². The van der Waals surface area contributed by atoms with E-state index in [1.807, 2.05) is 6.92 Å². The molecule has 3 atom stereocenters. The van der Waals surface area contributed by atoms with Crippen molar-refractivity contribution in [3.05, 3.63) is 0 Å². The van der Waals surface area contributed by atoms with Crippen LogP contribution in [0.3, 0.4) is 0 Å². The summed E-state index contributed by atoms with van der Waals surface area (Å²) in [6.07, 6.45) is 6.29. The number of Topliss-reactive ketones (excluding diaryl/α,β-unsaturated/α-hetero) is 1. The van der Waals surface area contributed by atoms with E-state index in [-0.39, 0.29) is 13.0 Å². The molecule has 0 radical (unpaired) electrons. The number of rotatable bonds is 15. The lowest BCUT2D eigenvalue weighted by Gasteiger charge is -2.36. The largest absolute Gasteiger partial charge is 0.465 e. The third kappa shape index (κ3) is 8.72. The molecule has 0 fully saturated rings. The lowest BCUT2D eigenvalue weighted by Crippen LogP contribution is -2.61. The molecule has 0 spiro atoms. The predicted octanol–water partition coefficient (Wildman–Crippen LogP) is 3.65. The van der Waals surface area contributed by atoms with Gasteiger partial charge in [-0.1, -0.05) is 52.4 Å². The van der Waals surface area contributed by atoms with E-state index in [9.17, 15) is 14.4 Å². The molecule has 0 saturated heterocycles. The molecule has 0 bridgehead atoms. The fourth-order valence-electron chi connectivity index (χ4n) is 3.41. The molecule has 0 aromatic carbocycles. The summed E-state index contributed by atoms with van der Waals surface area (Å²) in [5.74, 6) is -2.49. The van der Waals surface area contributed by atoms with E-state index < -0.39 is 40.8 Å². The summed E-state index contributed by atoms with van der Waals surface area (Å²) in [4.78, 5) is 39.8. The average Bonchev–Trinajstić information content (AvgIpc) is 2.61. The van der Waals surface area contributed by atoms with Crippen molar-refractivity contribution >= 4 is 17.7 Å². The zero-order chi connectivity index (χ0) is 23.4. The molecule has 0 heterocycles. The molecule has 0 aliphatic heterocycles. The van der Waals surface area contributed by atoms with Gasteiger partial charge in [-0.05, 0) is 40.5 Å². The van der Waals surface area contributed by atoms with Crippen LogP contribution in [0.5, 0.6) is 0 Å². The monoisotopic (exact) mass is 428 g/mol. The van der Waals surface area contributed by atoms with Crippen molar-refractivity contribution in [2.45, 2.75) is 117 Å². The molecule has 0 rings (SSSR count). The Bertz CT molecular complexity index is 544. The summed E-state index contributed by atoms with van der Waals surface area (Å²) in [7, 11) is 0. The Labute approximate surface area is 182 Å². The number of ether oxygens (including phenoxy) is 2. The number of nitrogens with two attached hydrogens (primary N) is 2. The van der Waals surface area contributed by atoms with Crippen LogP contribution < -0.4 is 11.5 Å². The van der Waals surface area contributed by atoms with Gasteiger partial charge in [0.05, 0.1) is 6.61 Å². The predicted molar refractivity (Wildman–Crippen MR) is 119 cm³/mol. The first-order chi connectivity index (χ1) is 14.0. The van der Waals surface area contributed by atoms with Crippen molar-refractivity contribution in [3.8, 4) is 0 Å². The fraction of sp³-hybridized carbons (Fsp3) is 0.870. The molecule has 0 saturated carbocycles. The second-order valence-corrected chi connectivity index (χ2v) is 9.02. The van der Waals surface area contributed by atoms with Crippen LogP contribution in [-0.2, 0) is 23.9 Å². The average molecular weight is 429 g/mol. The molecule has 1 unspecified atom stereocenters. The third-order valence-corrected chi connectivity index (χ3v) is 5.06. The summed E-state index contributed by atoms with van der Waals surface area (Å²) >= 11 is 0. The smallest absolute Gasteiger partial charge is 0.333 e. The maximum Gasteiger partial charge on any atom is 0.333 e. The Kier molecular flexibility index (Phi) is 13.1. The van der Waals surface area contributed by atoms with Crippen LogP contribution in [0.2, 0.25) is 0 Å². The summed E-state index contributed by atoms with van der Waals surface area (Å²) < 4.78 is 10.7. The molecule has 0 aliphatic carbocycles. The summed E-state index contributed by atoms with van der Waals surface area (Å²) in [6.45, 7) is 10.8. The topological polar surface area (TPSA) is 122 Å². The van der Waals surface area contributed by atoms with Gasteiger partial charge in [-0.3, -0.25) is 14.4 Å². The highest BCUT2D eigenvalue weighted by Crippen LogP contribution is 2.33. The highest BCUT2D eigenvalue weighted by molar-refractivity contribution is 6.21. The molecule has 0 aromatic rings. The Morgan fingerprint density at radius 2 is 1.37 bits per heavy atom. The van der Waals surface area contributed by atoms with E-state index in [4.69, 9.17) is 20.9 Å².